The number of aryl methyl sites for hydroxylation is 20. The van der Waals surface area contributed by atoms with Crippen LogP contribution in [0, 0.1) is 59.2 Å². The second-order valence-electron chi connectivity index (χ2n) is 39.9. The van der Waals surface area contributed by atoms with Crippen molar-refractivity contribution in [2.45, 2.75) is 420 Å². The van der Waals surface area contributed by atoms with Crippen LogP contribution in [-0.4, -0.2) is 83.5 Å². The van der Waals surface area contributed by atoms with E-state index in [4.69, 9.17) is 8.94 Å². The molecule has 10 aromatic rings. The Labute approximate surface area is 755 Å². The van der Waals surface area contributed by atoms with Crippen molar-refractivity contribution < 1.29 is 8.94 Å². The van der Waals surface area contributed by atoms with Crippen LogP contribution < -0.4 is 0 Å². The zero-order valence-electron chi connectivity index (χ0n) is 84.2. The van der Waals surface area contributed by atoms with Gasteiger partial charge in [0, 0.05) is 141 Å². The van der Waals surface area contributed by atoms with Crippen molar-refractivity contribution in [1.29, 1.82) is 0 Å². The van der Waals surface area contributed by atoms with Gasteiger partial charge < -0.3 is 32.2 Å². The lowest BCUT2D eigenvalue weighted by Crippen LogP contribution is -2.08. The molecular formula is C103H183N17O2S. The largest absolute Gasteiger partial charge is 0.448 e. The number of hydrogen-bond acceptors (Lipinski definition) is 13. The van der Waals surface area contributed by atoms with Crippen LogP contribution in [0.1, 0.15) is 376 Å². The fourth-order valence-corrected chi connectivity index (χ4v) is 13.1. The Morgan fingerprint density at radius 1 is 0.358 bits per heavy atom. The van der Waals surface area contributed by atoms with E-state index in [2.05, 4.69) is 316 Å². The van der Waals surface area contributed by atoms with E-state index in [1.54, 1.807) is 16.9 Å². The van der Waals surface area contributed by atoms with Gasteiger partial charge in [0.1, 0.15) is 35.3 Å². The van der Waals surface area contributed by atoms with Crippen LogP contribution in [0.3, 0.4) is 0 Å². The number of aromatic nitrogens is 17. The van der Waals surface area contributed by atoms with Crippen molar-refractivity contribution in [2.24, 2.45) is 59.2 Å². The lowest BCUT2D eigenvalue weighted by atomic mass is 9.98. The van der Waals surface area contributed by atoms with Gasteiger partial charge >= 0.3 is 0 Å². The summed E-state index contributed by atoms with van der Waals surface area (Å²) in [5.41, 5.74) is 14.4. The highest BCUT2D eigenvalue weighted by Gasteiger charge is 2.17. The molecule has 19 nitrogen and oxygen atoms in total. The molecule has 0 spiro atoms. The molecule has 0 saturated carbocycles. The Hall–Kier alpha value is -7.48. The fraction of sp³-hybridized carbons (Fsp3) is 0.709. The van der Waals surface area contributed by atoms with Crippen molar-refractivity contribution in [3.05, 3.63) is 177 Å². The number of fused-ring (bicyclic) bond motifs is 10. The van der Waals surface area contributed by atoms with Crippen LogP contribution in [0.2, 0.25) is 0 Å². The summed E-state index contributed by atoms with van der Waals surface area (Å²) in [5.74, 6) is 14.2. The summed E-state index contributed by atoms with van der Waals surface area (Å²) in [5, 5.41) is 22.5. The predicted molar refractivity (Wildman–Crippen MR) is 524 cm³/mol. The first kappa shape index (κ1) is 114. The Morgan fingerprint density at radius 3 is 1.37 bits per heavy atom. The third-order valence-electron chi connectivity index (χ3n) is 16.8. The van der Waals surface area contributed by atoms with Gasteiger partial charge in [-0.25, -0.2) is 24.9 Å². The zero-order chi connectivity index (χ0) is 91.9. The number of aromatic amines is 2. The Kier molecular flexibility index (Phi) is 64.3. The zero-order valence-corrected chi connectivity index (χ0v) is 85.0. The van der Waals surface area contributed by atoms with Gasteiger partial charge in [-0.2, -0.15) is 10.2 Å². The smallest absolute Gasteiger partial charge is 0.181 e. The Balaban J connectivity index is 0.000000654. The molecule has 0 radical (unpaired) electrons. The summed E-state index contributed by atoms with van der Waals surface area (Å²) in [6, 6.07) is 4.29. The quantitative estimate of drug-likeness (QED) is 0.145. The van der Waals surface area contributed by atoms with Crippen molar-refractivity contribution in [1.82, 2.24) is 83.5 Å². The molecule has 123 heavy (non-hydrogen) atoms. The molecule has 2 N–H and O–H groups in total. The molecule has 0 saturated heterocycles. The highest BCUT2D eigenvalue weighted by Crippen LogP contribution is 2.25. The molecular weight excluding hydrogens is 1540 g/mol. The third kappa shape index (κ3) is 59.9. The van der Waals surface area contributed by atoms with Crippen LogP contribution in [0.25, 0.3) is 0 Å². The van der Waals surface area contributed by atoms with E-state index >= 15 is 0 Å². The average Bonchev–Trinajstić information content (AvgIpc) is 1.72. The summed E-state index contributed by atoms with van der Waals surface area (Å²) >= 11 is 1.80. The van der Waals surface area contributed by atoms with E-state index in [1.165, 1.54) is 242 Å². The number of oxazole rings is 1. The highest BCUT2D eigenvalue weighted by molar-refractivity contribution is 7.09. The Morgan fingerprint density at radius 2 is 0.829 bits per heavy atom. The fourth-order valence-electron chi connectivity index (χ4n) is 12.2. The lowest BCUT2D eigenvalue weighted by molar-refractivity contribution is 0.386. The minimum Gasteiger partial charge on any atom is -0.448 e. The topological polar surface area (TPSA) is 211 Å². The van der Waals surface area contributed by atoms with Crippen LogP contribution in [0.15, 0.2) is 101 Å². The van der Waals surface area contributed by atoms with E-state index in [-0.39, 0.29) is 0 Å². The molecule has 20 rings (SSSR count). The molecule has 0 fully saturated rings. The second kappa shape index (κ2) is 69.7. The second-order valence-corrected chi connectivity index (χ2v) is 40.8. The number of rotatable bonds is 0. The molecule has 5 aliphatic carbocycles. The summed E-state index contributed by atoms with van der Waals surface area (Å²) in [4.78, 5) is 25.4. The third-order valence-corrected chi connectivity index (χ3v) is 17.8. The van der Waals surface area contributed by atoms with Gasteiger partial charge in [-0.05, 0) is 230 Å². The van der Waals surface area contributed by atoms with Crippen LogP contribution in [0.4, 0.5) is 0 Å². The molecule has 15 heterocycles. The summed E-state index contributed by atoms with van der Waals surface area (Å²) < 4.78 is 20.8. The van der Waals surface area contributed by atoms with Crippen LogP contribution in [-0.2, 0) is 129 Å². The van der Waals surface area contributed by atoms with Crippen molar-refractivity contribution in [2.75, 3.05) is 0 Å². The van der Waals surface area contributed by atoms with E-state index in [1.807, 2.05) is 61.5 Å². The number of H-pyrrole nitrogens is 2. The molecule has 20 heteroatoms. The molecule has 0 atom stereocenters. The molecule has 10 aliphatic rings. The Bertz CT molecular complexity index is 3130. The standard InChI is InChI=1S/C8H11N.C7H10N2.C6H9N3.4C6H8N2.2C6H7NO.C6H7NS.10C4H10/c1-2-4-8-7(3-1)5-6-9-8;1-2-5-9-6-4-8-7(9)3-1;1-2-4-9-5-7-8-6(9)3-1;1-2-6-3-4-7-8(6)5-1;1-2-6-7-3-5-8(6)4-1;1-2-6-4-7-5-8(6)3-1;1-2-5-4-7-8-6(5)3-1;1-2-5-6(3-1)8-4-7-5;1-2-5-4-7-8-6(5)3-1;1-2-5-6(3-1)8-4-7-5;10*1-4(2)3/h5-6,9H,1-4H2;4,6H,1-3,5H2;5H,1-4H2;3-4H,1-2,5H2;3,5H,1-2,4H2;4-5H,1-3H2;4H,1-3H2,(H,7,8);3*4H,1-3H2;10*4H,1-3H3. The SMILES string of the molecule is CC(C)C.CC(C)C.CC(C)C.CC(C)C.CC(C)C.CC(C)C.CC(C)C.CC(C)C.CC(C)C.CC(C)C.c1cc2c([nH]1)CCCC2.c1cc2n(n1)CCC2.c1cn2c(n1)CCC2.c1cn2c(n1)CCCC2.c1n[nH]c2c1CCC2.c1nc2c(o1)CCC2.c1nc2c(s1)CCC2.c1ncn2c1CCC2.c1nnc2n1CCCC2.c1noc2c1CCC2. The maximum absolute atomic E-state index is 5.06. The molecule has 0 amide bonds. The van der Waals surface area contributed by atoms with Gasteiger partial charge in [-0.15, -0.1) is 21.5 Å². The minimum atomic E-state index is 0.833. The summed E-state index contributed by atoms with van der Waals surface area (Å²) in [6.45, 7) is 70.8. The monoisotopic (exact) mass is 1720 g/mol. The first-order chi connectivity index (χ1) is 58.5. The number of nitrogens with zero attached hydrogens (tertiary/aromatic N) is 15. The number of hydrogen-bond donors (Lipinski definition) is 2. The van der Waals surface area contributed by atoms with E-state index in [9.17, 15) is 0 Å². The highest BCUT2D eigenvalue weighted by atomic mass is 32.1. The molecule has 0 aromatic carbocycles. The molecule has 5 aliphatic heterocycles. The number of nitrogens with one attached hydrogen (secondary N) is 2. The maximum atomic E-state index is 5.06. The number of thiazole rings is 1. The molecule has 698 valence electrons. The maximum Gasteiger partial charge on any atom is 0.181 e. The van der Waals surface area contributed by atoms with E-state index in [0.29, 0.717) is 0 Å². The van der Waals surface area contributed by atoms with Crippen molar-refractivity contribution in [3.8, 4) is 0 Å². The summed E-state index contributed by atoms with van der Waals surface area (Å²) in [7, 11) is 0. The van der Waals surface area contributed by atoms with Gasteiger partial charge in [0.25, 0.3) is 0 Å². The summed E-state index contributed by atoms with van der Waals surface area (Å²) in [6.07, 6.45) is 57.5. The first-order valence-corrected chi connectivity index (χ1v) is 49.1. The van der Waals surface area contributed by atoms with Gasteiger partial charge in [-0.3, -0.25) is 9.78 Å². The van der Waals surface area contributed by atoms with Crippen LogP contribution >= 0.6 is 11.3 Å². The number of imidazole rings is 3. The lowest BCUT2D eigenvalue weighted by Gasteiger charge is -2.11. The first-order valence-electron chi connectivity index (χ1n) is 48.3. The molecule has 0 unspecified atom stereocenters. The van der Waals surface area contributed by atoms with Gasteiger partial charge in [0.15, 0.2) is 6.39 Å². The van der Waals surface area contributed by atoms with E-state index in [0.717, 1.165) is 115 Å². The molecule has 10 aromatic heterocycles. The average molecular weight is 1720 g/mol. The van der Waals surface area contributed by atoms with Gasteiger partial charge in [0.2, 0.25) is 0 Å². The van der Waals surface area contributed by atoms with E-state index < -0.39 is 0 Å². The molecule has 0 bridgehead atoms. The van der Waals surface area contributed by atoms with Crippen molar-refractivity contribution in [3.63, 3.8) is 0 Å². The minimum absolute atomic E-state index is 0.833. The van der Waals surface area contributed by atoms with Gasteiger partial charge in [0.05, 0.1) is 35.6 Å². The van der Waals surface area contributed by atoms with Crippen LogP contribution in [0.5, 0.6) is 0 Å². The van der Waals surface area contributed by atoms with Gasteiger partial charge in [-0.1, -0.05) is 213 Å². The normalized spacial score (nSPS) is 14.2. The van der Waals surface area contributed by atoms with Crippen molar-refractivity contribution >= 4 is 11.3 Å². The predicted octanol–water partition coefficient (Wildman–Crippen LogP) is 27.7.